The normalized spacial score (nSPS) is 16.2. The van der Waals surface area contributed by atoms with E-state index in [1.807, 2.05) is 30.3 Å². The molecule has 0 spiro atoms. The van der Waals surface area contributed by atoms with E-state index in [0.29, 0.717) is 0 Å². The van der Waals surface area contributed by atoms with Gasteiger partial charge >= 0.3 is 12.1 Å². The van der Waals surface area contributed by atoms with Crippen LogP contribution in [-0.2, 0) is 20.9 Å². The lowest BCUT2D eigenvalue weighted by Crippen LogP contribution is -2.55. The zero-order valence-electron chi connectivity index (χ0n) is 10.3. The molecule has 2 N–H and O–H groups in total. The Morgan fingerprint density at radius 3 is 2.53 bits per heavy atom. The molecular weight excluding hydrogens is 250 g/mol. The number of carboxylic acid groups (broad SMARTS) is 1. The second-order valence-corrected chi connectivity index (χ2v) is 4.49. The smallest absolute Gasteiger partial charge is 0.407 e. The third-order valence-corrected chi connectivity index (χ3v) is 2.99. The molecule has 1 fully saturated rings. The van der Waals surface area contributed by atoms with E-state index in [-0.39, 0.29) is 26.4 Å². The van der Waals surface area contributed by atoms with Crippen molar-refractivity contribution in [3.8, 4) is 0 Å². The molecule has 1 amide bonds. The second kappa shape index (κ2) is 5.71. The summed E-state index contributed by atoms with van der Waals surface area (Å²) < 4.78 is 9.88. The lowest BCUT2D eigenvalue weighted by Gasteiger charge is -2.37. The maximum atomic E-state index is 11.5. The second-order valence-electron chi connectivity index (χ2n) is 4.49. The average molecular weight is 265 g/mol. The van der Waals surface area contributed by atoms with E-state index in [2.05, 4.69) is 5.32 Å². The largest absolute Gasteiger partial charge is 0.481 e. The summed E-state index contributed by atoms with van der Waals surface area (Å²) >= 11 is 0. The Labute approximate surface area is 110 Å². The summed E-state index contributed by atoms with van der Waals surface area (Å²) in [7, 11) is 0. The van der Waals surface area contributed by atoms with Gasteiger partial charge in [-0.1, -0.05) is 30.3 Å². The van der Waals surface area contributed by atoms with Crippen LogP contribution in [0.3, 0.4) is 0 Å². The molecule has 1 aliphatic rings. The van der Waals surface area contributed by atoms with E-state index in [1.165, 1.54) is 0 Å². The van der Waals surface area contributed by atoms with Gasteiger partial charge in [0.05, 0.1) is 13.2 Å². The van der Waals surface area contributed by atoms with Crippen LogP contribution in [0.2, 0.25) is 0 Å². The van der Waals surface area contributed by atoms with Crippen molar-refractivity contribution in [1.82, 2.24) is 5.32 Å². The third-order valence-electron chi connectivity index (χ3n) is 2.99. The molecule has 1 heterocycles. The van der Waals surface area contributed by atoms with Crippen LogP contribution in [0.1, 0.15) is 5.56 Å². The van der Waals surface area contributed by atoms with Gasteiger partial charge in [0.2, 0.25) is 0 Å². The van der Waals surface area contributed by atoms with Crippen molar-refractivity contribution in [2.75, 3.05) is 19.8 Å². The maximum Gasteiger partial charge on any atom is 0.407 e. The number of carbonyl (C=O) groups is 2. The first kappa shape index (κ1) is 13.4. The summed E-state index contributed by atoms with van der Waals surface area (Å²) in [6.45, 7) is 0.391. The van der Waals surface area contributed by atoms with Gasteiger partial charge in [0, 0.05) is 6.54 Å². The molecule has 1 aromatic carbocycles. The van der Waals surface area contributed by atoms with Gasteiger partial charge in [-0.2, -0.15) is 0 Å². The molecule has 0 bridgehead atoms. The van der Waals surface area contributed by atoms with Crippen molar-refractivity contribution < 1.29 is 24.2 Å². The van der Waals surface area contributed by atoms with E-state index < -0.39 is 17.5 Å². The molecule has 1 aromatic rings. The molecule has 6 nitrogen and oxygen atoms in total. The molecule has 1 aliphatic heterocycles. The Kier molecular flexibility index (Phi) is 4.01. The summed E-state index contributed by atoms with van der Waals surface area (Å²) in [5.74, 6) is -0.970. The fourth-order valence-corrected chi connectivity index (χ4v) is 1.67. The summed E-state index contributed by atoms with van der Waals surface area (Å²) in [6.07, 6.45) is -0.628. The highest BCUT2D eigenvalue weighted by atomic mass is 16.5. The Balaban J connectivity index is 1.74. The predicted octanol–water partition coefficient (Wildman–Crippen LogP) is 1.01. The number of hydrogen-bond acceptors (Lipinski definition) is 4. The van der Waals surface area contributed by atoms with Crippen molar-refractivity contribution >= 4 is 12.1 Å². The van der Waals surface area contributed by atoms with Gasteiger partial charge in [-0.3, -0.25) is 4.79 Å². The molecule has 0 radical (unpaired) electrons. The number of rotatable bonds is 5. The van der Waals surface area contributed by atoms with Gasteiger partial charge in [0.25, 0.3) is 0 Å². The fourth-order valence-electron chi connectivity index (χ4n) is 1.67. The van der Waals surface area contributed by atoms with Crippen molar-refractivity contribution in [3.05, 3.63) is 35.9 Å². The highest BCUT2D eigenvalue weighted by Crippen LogP contribution is 2.26. The molecule has 0 atom stereocenters. The number of benzene rings is 1. The zero-order chi connectivity index (χ0) is 13.7. The van der Waals surface area contributed by atoms with Crippen LogP contribution in [0.5, 0.6) is 0 Å². The Morgan fingerprint density at radius 1 is 1.32 bits per heavy atom. The van der Waals surface area contributed by atoms with Crippen molar-refractivity contribution in [2.45, 2.75) is 6.61 Å². The zero-order valence-corrected chi connectivity index (χ0v) is 10.3. The van der Waals surface area contributed by atoms with Gasteiger partial charge in [0.1, 0.15) is 12.0 Å². The van der Waals surface area contributed by atoms with E-state index in [1.54, 1.807) is 0 Å². The minimum absolute atomic E-state index is 0.00988. The Hall–Kier alpha value is -2.08. The van der Waals surface area contributed by atoms with Gasteiger partial charge in [0.15, 0.2) is 0 Å². The van der Waals surface area contributed by atoms with Gasteiger partial charge in [-0.15, -0.1) is 0 Å². The van der Waals surface area contributed by atoms with E-state index in [0.717, 1.165) is 5.56 Å². The van der Waals surface area contributed by atoms with Crippen molar-refractivity contribution in [3.63, 3.8) is 0 Å². The number of ether oxygens (including phenoxy) is 2. The molecule has 0 saturated carbocycles. The number of carboxylic acids is 1. The monoisotopic (exact) mass is 265 g/mol. The van der Waals surface area contributed by atoms with Crippen molar-refractivity contribution in [1.29, 1.82) is 0 Å². The first-order valence-electron chi connectivity index (χ1n) is 5.88. The van der Waals surface area contributed by atoms with Crippen LogP contribution in [0.4, 0.5) is 4.79 Å². The van der Waals surface area contributed by atoms with Gasteiger partial charge < -0.3 is 19.9 Å². The quantitative estimate of drug-likeness (QED) is 0.830. The summed E-state index contributed by atoms with van der Waals surface area (Å²) in [6, 6.07) is 9.25. The van der Waals surface area contributed by atoms with E-state index in [4.69, 9.17) is 14.6 Å². The summed E-state index contributed by atoms with van der Waals surface area (Å²) in [4.78, 5) is 22.5. The lowest BCUT2D eigenvalue weighted by molar-refractivity contribution is -0.178. The topological polar surface area (TPSA) is 84.9 Å². The molecule has 6 heteroatoms. The van der Waals surface area contributed by atoms with Gasteiger partial charge in [-0.05, 0) is 5.56 Å². The molecule has 102 valence electrons. The maximum absolute atomic E-state index is 11.5. The lowest BCUT2D eigenvalue weighted by atomic mass is 9.86. The molecule has 0 aromatic heterocycles. The molecule has 2 rings (SSSR count). The van der Waals surface area contributed by atoms with Crippen LogP contribution < -0.4 is 5.32 Å². The molecular formula is C13H15NO5. The van der Waals surface area contributed by atoms with E-state index >= 15 is 0 Å². The van der Waals surface area contributed by atoms with E-state index in [9.17, 15) is 9.59 Å². The standard InChI is InChI=1S/C13H15NO5/c15-11(16)13(8-18-9-13)7-14-12(17)19-6-10-4-2-1-3-5-10/h1-5H,6-9H2,(H,14,17)(H,15,16). The van der Waals surface area contributed by atoms with Crippen LogP contribution in [0.25, 0.3) is 0 Å². The number of nitrogens with one attached hydrogen (secondary N) is 1. The highest BCUT2D eigenvalue weighted by Gasteiger charge is 2.46. The summed E-state index contributed by atoms with van der Waals surface area (Å²) in [5, 5.41) is 11.5. The summed E-state index contributed by atoms with van der Waals surface area (Å²) in [5.41, 5.74) is -0.135. The predicted molar refractivity (Wildman–Crippen MR) is 65.5 cm³/mol. The number of aliphatic carboxylic acids is 1. The third kappa shape index (κ3) is 3.23. The Morgan fingerprint density at radius 2 is 2.00 bits per heavy atom. The molecule has 0 aliphatic carbocycles. The van der Waals surface area contributed by atoms with Gasteiger partial charge in [-0.25, -0.2) is 4.79 Å². The molecule has 19 heavy (non-hydrogen) atoms. The van der Waals surface area contributed by atoms with Crippen molar-refractivity contribution in [2.24, 2.45) is 5.41 Å². The number of hydrogen-bond donors (Lipinski definition) is 2. The van der Waals surface area contributed by atoms with Crippen LogP contribution in [0, 0.1) is 5.41 Å². The first-order chi connectivity index (χ1) is 9.12. The SMILES string of the molecule is O=C(NCC1(C(=O)O)COC1)OCc1ccccc1. The fraction of sp³-hybridized carbons (Fsp3) is 0.385. The highest BCUT2D eigenvalue weighted by molar-refractivity contribution is 5.77. The minimum Gasteiger partial charge on any atom is -0.481 e. The van der Waals surface area contributed by atoms with Crippen LogP contribution >= 0.6 is 0 Å². The number of carbonyl (C=O) groups excluding carboxylic acids is 1. The van der Waals surface area contributed by atoms with Crippen LogP contribution in [-0.4, -0.2) is 36.9 Å². The number of alkyl carbamates (subject to hydrolysis) is 1. The molecule has 1 saturated heterocycles. The van der Waals surface area contributed by atoms with Crippen LogP contribution in [0.15, 0.2) is 30.3 Å². The average Bonchev–Trinajstić information content (AvgIpc) is 2.36. The number of amides is 1. The Bertz CT molecular complexity index is 455. The first-order valence-corrected chi connectivity index (χ1v) is 5.88. The molecule has 0 unspecified atom stereocenters. The minimum atomic E-state index is -1.01.